The zero-order valence-electron chi connectivity index (χ0n) is 20.9. The van der Waals surface area contributed by atoms with Gasteiger partial charge in [-0.2, -0.15) is 4.99 Å². The normalized spacial score (nSPS) is 16.7. The van der Waals surface area contributed by atoms with Gasteiger partial charge in [-0.15, -0.1) is 0 Å². The Kier molecular flexibility index (Phi) is 8.20. The Morgan fingerprint density at radius 2 is 1.71 bits per heavy atom. The van der Waals surface area contributed by atoms with Crippen LogP contribution in [0.25, 0.3) is 6.08 Å². The van der Waals surface area contributed by atoms with Gasteiger partial charge in [-0.3, -0.25) is 4.79 Å². The second-order valence-electron chi connectivity index (χ2n) is 8.79. The number of halogens is 2. The fourth-order valence-electron chi connectivity index (χ4n) is 4.28. The van der Waals surface area contributed by atoms with E-state index in [1.807, 2.05) is 66.4 Å². The molecule has 0 atom stereocenters. The maximum absolute atomic E-state index is 14.2. The second-order valence-corrected chi connectivity index (χ2v) is 10.2. The van der Waals surface area contributed by atoms with Gasteiger partial charge in [0.15, 0.2) is 16.7 Å². The molecule has 0 spiro atoms. The Labute approximate surface area is 230 Å². The molecule has 0 aromatic heterocycles. The molecule has 38 heavy (non-hydrogen) atoms. The highest BCUT2D eigenvalue weighted by molar-refractivity contribution is 8.18. The number of amides is 1. The molecule has 2 aliphatic heterocycles. The molecule has 2 heterocycles. The third-order valence-corrected chi connectivity index (χ3v) is 7.52. The number of anilines is 1. The second kappa shape index (κ2) is 11.9. The number of piperazine rings is 1. The fourth-order valence-corrected chi connectivity index (χ4v) is 5.37. The van der Waals surface area contributed by atoms with E-state index >= 15 is 0 Å². The molecule has 9 heteroatoms. The van der Waals surface area contributed by atoms with Gasteiger partial charge in [0.25, 0.3) is 5.91 Å². The molecule has 0 N–H and O–H groups in total. The van der Waals surface area contributed by atoms with Gasteiger partial charge in [-0.05, 0) is 72.3 Å². The van der Waals surface area contributed by atoms with Crippen molar-refractivity contribution < 1.29 is 18.7 Å². The molecule has 1 saturated heterocycles. The number of benzene rings is 3. The van der Waals surface area contributed by atoms with E-state index < -0.39 is 0 Å². The molecule has 5 rings (SSSR count). The topological polar surface area (TPSA) is 54.4 Å². The molecule has 3 aromatic carbocycles. The molecular formula is C29H27ClFN3O3S. The van der Waals surface area contributed by atoms with Crippen LogP contribution >= 0.6 is 23.4 Å². The maximum atomic E-state index is 14.2. The first-order chi connectivity index (χ1) is 18.5. The molecule has 0 unspecified atom stereocenters. The highest BCUT2D eigenvalue weighted by Gasteiger charge is 2.29. The van der Waals surface area contributed by atoms with E-state index in [0.29, 0.717) is 71.7 Å². The van der Waals surface area contributed by atoms with Crippen LogP contribution in [0.4, 0.5) is 10.1 Å². The first kappa shape index (κ1) is 26.1. The minimum absolute atomic E-state index is 0.221. The van der Waals surface area contributed by atoms with Crippen molar-refractivity contribution in [2.24, 2.45) is 4.99 Å². The number of aliphatic imine (C=N–C) groups is 1. The third-order valence-electron chi connectivity index (χ3n) is 6.23. The molecular weight excluding hydrogens is 525 g/mol. The van der Waals surface area contributed by atoms with Crippen molar-refractivity contribution in [1.82, 2.24) is 4.90 Å². The molecule has 0 saturated carbocycles. The molecule has 2 aliphatic rings. The zero-order chi connectivity index (χ0) is 26.5. The Hall–Kier alpha value is -3.49. The highest BCUT2D eigenvalue weighted by Crippen LogP contribution is 2.34. The summed E-state index contributed by atoms with van der Waals surface area (Å²) in [6.07, 6.45) is 1.82. The van der Waals surface area contributed by atoms with E-state index in [1.54, 1.807) is 12.1 Å². The van der Waals surface area contributed by atoms with E-state index in [1.165, 1.54) is 17.8 Å². The van der Waals surface area contributed by atoms with Crippen LogP contribution in [-0.2, 0) is 11.4 Å². The first-order valence-electron chi connectivity index (χ1n) is 12.4. The zero-order valence-corrected chi connectivity index (χ0v) is 22.5. The summed E-state index contributed by atoms with van der Waals surface area (Å²) in [7, 11) is 0. The van der Waals surface area contributed by atoms with E-state index in [-0.39, 0.29) is 11.7 Å². The molecule has 0 radical (unpaired) electrons. The predicted octanol–water partition coefficient (Wildman–Crippen LogP) is 6.25. The number of ether oxygens (including phenoxy) is 2. The van der Waals surface area contributed by atoms with Gasteiger partial charge in [-0.25, -0.2) is 4.39 Å². The van der Waals surface area contributed by atoms with Crippen LogP contribution in [0.1, 0.15) is 18.1 Å². The SMILES string of the molecule is CCOc1cc(/C=C2\SC(N3CCN(c4ccccc4F)CC3)=NC2=O)ccc1OCc1ccc(Cl)cc1. The van der Waals surface area contributed by atoms with Crippen molar-refractivity contribution in [2.75, 3.05) is 37.7 Å². The van der Waals surface area contributed by atoms with Gasteiger partial charge in [0.2, 0.25) is 0 Å². The maximum Gasteiger partial charge on any atom is 0.286 e. The summed E-state index contributed by atoms with van der Waals surface area (Å²) in [5, 5.41) is 1.36. The molecule has 6 nitrogen and oxygen atoms in total. The summed E-state index contributed by atoms with van der Waals surface area (Å²) in [5.74, 6) is 0.750. The summed E-state index contributed by atoms with van der Waals surface area (Å²) in [6, 6.07) is 19.9. The van der Waals surface area contributed by atoms with Crippen LogP contribution in [-0.4, -0.2) is 48.8 Å². The predicted molar refractivity (Wildman–Crippen MR) is 152 cm³/mol. The quantitative estimate of drug-likeness (QED) is 0.324. The number of hydrogen-bond donors (Lipinski definition) is 0. The monoisotopic (exact) mass is 551 g/mol. The number of rotatable bonds is 7. The van der Waals surface area contributed by atoms with Crippen molar-refractivity contribution >= 4 is 46.2 Å². The molecule has 196 valence electrons. The van der Waals surface area contributed by atoms with Gasteiger partial charge in [0, 0.05) is 31.2 Å². The van der Waals surface area contributed by atoms with Crippen LogP contribution in [0.15, 0.2) is 76.6 Å². The molecule has 3 aromatic rings. The Balaban J connectivity index is 1.23. The van der Waals surface area contributed by atoms with Crippen molar-refractivity contribution in [3.05, 3.63) is 93.6 Å². The standard InChI is InChI=1S/C29H27ClFN3O3S/c1-2-36-26-17-21(9-12-25(26)37-19-20-7-10-22(30)11-8-20)18-27-28(35)32-29(38-27)34-15-13-33(14-16-34)24-6-4-3-5-23(24)31/h3-12,17-18H,2,13-16,19H2,1H3/b27-18-. The van der Waals surface area contributed by atoms with Gasteiger partial charge in [0.05, 0.1) is 17.2 Å². The lowest BCUT2D eigenvalue weighted by Gasteiger charge is -2.36. The summed E-state index contributed by atoms with van der Waals surface area (Å²) >= 11 is 7.33. The number of para-hydroxylation sites is 1. The summed E-state index contributed by atoms with van der Waals surface area (Å²) in [6.45, 7) is 5.41. The van der Waals surface area contributed by atoms with Crippen LogP contribution in [0, 0.1) is 5.82 Å². The van der Waals surface area contributed by atoms with Crippen molar-refractivity contribution in [3.8, 4) is 11.5 Å². The smallest absolute Gasteiger partial charge is 0.286 e. The van der Waals surface area contributed by atoms with Crippen LogP contribution < -0.4 is 14.4 Å². The van der Waals surface area contributed by atoms with E-state index in [9.17, 15) is 9.18 Å². The lowest BCUT2D eigenvalue weighted by atomic mass is 10.2. The largest absolute Gasteiger partial charge is 0.490 e. The number of carbonyl (C=O) groups excluding carboxylic acids is 1. The van der Waals surface area contributed by atoms with E-state index in [4.69, 9.17) is 21.1 Å². The van der Waals surface area contributed by atoms with Crippen LogP contribution in [0.2, 0.25) is 5.02 Å². The number of carbonyl (C=O) groups is 1. The summed E-state index contributed by atoms with van der Waals surface area (Å²) < 4.78 is 26.0. The molecule has 1 amide bonds. The molecule has 0 aliphatic carbocycles. The summed E-state index contributed by atoms with van der Waals surface area (Å²) in [5.41, 5.74) is 2.43. The van der Waals surface area contributed by atoms with Gasteiger partial charge < -0.3 is 19.3 Å². The third kappa shape index (κ3) is 6.14. The average molecular weight is 552 g/mol. The lowest BCUT2D eigenvalue weighted by molar-refractivity contribution is -0.113. The average Bonchev–Trinajstić information content (AvgIpc) is 3.29. The van der Waals surface area contributed by atoms with Gasteiger partial charge in [0.1, 0.15) is 12.4 Å². The van der Waals surface area contributed by atoms with Crippen LogP contribution in [0.3, 0.4) is 0 Å². The Morgan fingerprint density at radius 1 is 0.974 bits per heavy atom. The summed E-state index contributed by atoms with van der Waals surface area (Å²) in [4.78, 5) is 21.6. The van der Waals surface area contributed by atoms with Crippen molar-refractivity contribution in [2.45, 2.75) is 13.5 Å². The first-order valence-corrected chi connectivity index (χ1v) is 13.6. The van der Waals surface area contributed by atoms with Gasteiger partial charge in [-0.1, -0.05) is 41.9 Å². The Morgan fingerprint density at radius 3 is 2.45 bits per heavy atom. The van der Waals surface area contributed by atoms with Crippen molar-refractivity contribution in [3.63, 3.8) is 0 Å². The number of hydrogen-bond acceptors (Lipinski definition) is 6. The lowest BCUT2D eigenvalue weighted by Crippen LogP contribution is -2.48. The van der Waals surface area contributed by atoms with Crippen LogP contribution in [0.5, 0.6) is 11.5 Å². The minimum atomic E-state index is -0.262. The van der Waals surface area contributed by atoms with Gasteiger partial charge >= 0.3 is 0 Å². The Bertz CT molecular complexity index is 1370. The molecule has 1 fully saturated rings. The fraction of sp³-hybridized carbons (Fsp3) is 0.241. The van der Waals surface area contributed by atoms with E-state index in [2.05, 4.69) is 9.89 Å². The number of amidine groups is 1. The minimum Gasteiger partial charge on any atom is -0.490 e. The van der Waals surface area contributed by atoms with E-state index in [0.717, 1.165) is 11.1 Å². The van der Waals surface area contributed by atoms with Crippen molar-refractivity contribution in [1.29, 1.82) is 0 Å². The highest BCUT2D eigenvalue weighted by atomic mass is 35.5. The number of thioether (sulfide) groups is 1. The molecule has 0 bridgehead atoms. The number of nitrogens with zero attached hydrogens (tertiary/aromatic N) is 3.